The summed E-state index contributed by atoms with van der Waals surface area (Å²) in [7, 11) is 0. The van der Waals surface area contributed by atoms with Crippen LogP contribution in [0, 0.1) is 11.8 Å². The molecule has 160 valence electrons. The summed E-state index contributed by atoms with van der Waals surface area (Å²) in [6, 6.07) is 16.6. The van der Waals surface area contributed by atoms with Crippen molar-refractivity contribution in [3.05, 3.63) is 60.2 Å². The van der Waals surface area contributed by atoms with Gasteiger partial charge in [0.2, 0.25) is 0 Å². The van der Waals surface area contributed by atoms with E-state index in [9.17, 15) is 14.4 Å². The zero-order chi connectivity index (χ0) is 22.1. The number of carboxylic acids is 1. The van der Waals surface area contributed by atoms with Crippen LogP contribution in [0.15, 0.2) is 54.6 Å². The van der Waals surface area contributed by atoms with E-state index in [1.54, 1.807) is 13.8 Å². The quantitative estimate of drug-likeness (QED) is 0.548. The Morgan fingerprint density at radius 2 is 1.60 bits per heavy atom. The average Bonchev–Trinajstić information content (AvgIpc) is 2.74. The van der Waals surface area contributed by atoms with Gasteiger partial charge in [0.05, 0.1) is 12.5 Å². The lowest BCUT2D eigenvalue weighted by molar-refractivity contribution is -0.148. The number of benzene rings is 2. The van der Waals surface area contributed by atoms with Crippen molar-refractivity contribution in [3.63, 3.8) is 0 Å². The number of carbonyl (C=O) groups excluding carboxylic acids is 2. The minimum Gasteiger partial charge on any atom is -0.480 e. The number of carbonyl (C=O) groups is 3. The van der Waals surface area contributed by atoms with Gasteiger partial charge in [0.1, 0.15) is 11.8 Å². The Labute approximate surface area is 177 Å². The maximum Gasteiger partial charge on any atom is 0.320 e. The van der Waals surface area contributed by atoms with Crippen LogP contribution in [0.5, 0.6) is 0 Å². The van der Waals surface area contributed by atoms with Crippen LogP contribution < -0.4 is 5.73 Å². The zero-order valence-electron chi connectivity index (χ0n) is 17.4. The molecule has 30 heavy (non-hydrogen) atoms. The van der Waals surface area contributed by atoms with Gasteiger partial charge in [-0.15, -0.1) is 0 Å². The summed E-state index contributed by atoms with van der Waals surface area (Å²) in [6.07, 6.45) is 0.423. The molecule has 0 amide bonds. The average molecular weight is 411 g/mol. The fourth-order valence-electron chi connectivity index (χ4n) is 3.36. The summed E-state index contributed by atoms with van der Waals surface area (Å²) in [4.78, 5) is 35.9. The third kappa shape index (κ3) is 6.81. The fourth-order valence-corrected chi connectivity index (χ4v) is 3.36. The third-order valence-electron chi connectivity index (χ3n) is 5.06. The van der Waals surface area contributed by atoms with Crippen molar-refractivity contribution >= 4 is 17.7 Å². The lowest BCUT2D eigenvalue weighted by Gasteiger charge is -2.20. The lowest BCUT2D eigenvalue weighted by atomic mass is 9.84. The highest BCUT2D eigenvalue weighted by Crippen LogP contribution is 2.24. The van der Waals surface area contributed by atoms with E-state index in [1.807, 2.05) is 54.6 Å². The van der Waals surface area contributed by atoms with Crippen molar-refractivity contribution in [2.45, 2.75) is 39.2 Å². The molecule has 0 heterocycles. The Bertz CT molecular complexity index is 848. The van der Waals surface area contributed by atoms with E-state index < -0.39 is 23.8 Å². The summed E-state index contributed by atoms with van der Waals surface area (Å²) in [5.74, 6) is -2.82. The van der Waals surface area contributed by atoms with Gasteiger partial charge in [0, 0.05) is 12.3 Å². The summed E-state index contributed by atoms with van der Waals surface area (Å²) >= 11 is 0. The molecule has 0 fully saturated rings. The molecule has 0 saturated heterocycles. The molecule has 2 aromatic rings. The van der Waals surface area contributed by atoms with Crippen LogP contribution in [0.25, 0.3) is 11.1 Å². The normalized spacial score (nSPS) is 13.8. The fraction of sp³-hybridized carbons (Fsp3) is 0.375. The van der Waals surface area contributed by atoms with Crippen LogP contribution in [-0.4, -0.2) is 35.5 Å². The molecule has 2 unspecified atom stereocenters. The number of rotatable bonds is 11. The second-order valence-electron chi connectivity index (χ2n) is 7.47. The molecule has 0 aliphatic heterocycles. The first-order chi connectivity index (χ1) is 14.3. The Balaban J connectivity index is 2.15. The van der Waals surface area contributed by atoms with Gasteiger partial charge in [-0.25, -0.2) is 0 Å². The number of nitrogens with two attached hydrogens (primary N) is 1. The van der Waals surface area contributed by atoms with E-state index in [2.05, 4.69) is 0 Å². The Morgan fingerprint density at radius 1 is 1.00 bits per heavy atom. The van der Waals surface area contributed by atoms with Crippen LogP contribution in [0.2, 0.25) is 0 Å². The minimum absolute atomic E-state index is 0.256. The van der Waals surface area contributed by atoms with E-state index in [0.717, 1.165) is 16.7 Å². The minimum atomic E-state index is -1.25. The van der Waals surface area contributed by atoms with Gasteiger partial charge in [0.15, 0.2) is 0 Å². The molecule has 3 atom stereocenters. The number of carboxylic acid groups (broad SMARTS) is 1. The molecule has 0 bridgehead atoms. The van der Waals surface area contributed by atoms with Crippen LogP contribution in [0.1, 0.15) is 32.3 Å². The summed E-state index contributed by atoms with van der Waals surface area (Å²) < 4.78 is 5.05. The number of Topliss-reactive ketones (excluding diaryl/α,β-unsaturated/α-hetero) is 1. The third-order valence-corrected chi connectivity index (χ3v) is 5.06. The molecule has 6 nitrogen and oxygen atoms in total. The molecular formula is C24H29NO5. The molecule has 3 N–H and O–H groups in total. The molecule has 2 rings (SSSR count). The SMILES string of the molecule is CCOC(=O)C(C)C[C@@H](Cc1ccc(-c2ccccc2)cc1)C(=O)CC(N)C(=O)O. The number of hydrogen-bond donors (Lipinski definition) is 2. The van der Waals surface area contributed by atoms with Crippen molar-refractivity contribution in [2.24, 2.45) is 17.6 Å². The second kappa shape index (κ2) is 11.3. The van der Waals surface area contributed by atoms with Crippen molar-refractivity contribution in [1.82, 2.24) is 0 Å². The molecule has 0 aliphatic rings. The van der Waals surface area contributed by atoms with Gasteiger partial charge in [0.25, 0.3) is 0 Å². The standard InChI is InChI=1S/C24H29NO5/c1-3-30-24(29)16(2)13-20(22(26)15-21(25)23(27)28)14-17-9-11-19(12-10-17)18-7-5-4-6-8-18/h4-12,16,20-21H,3,13-15,25H2,1-2H3,(H,27,28)/t16?,20-,21?/m0/s1. The largest absolute Gasteiger partial charge is 0.480 e. The number of esters is 1. The lowest BCUT2D eigenvalue weighted by Crippen LogP contribution is -2.35. The zero-order valence-corrected chi connectivity index (χ0v) is 17.4. The van der Waals surface area contributed by atoms with Crippen molar-refractivity contribution in [3.8, 4) is 11.1 Å². The Morgan fingerprint density at radius 3 is 2.17 bits per heavy atom. The highest BCUT2D eigenvalue weighted by molar-refractivity contribution is 5.87. The second-order valence-corrected chi connectivity index (χ2v) is 7.47. The highest BCUT2D eigenvalue weighted by atomic mass is 16.5. The number of ketones is 1. The Hall–Kier alpha value is -2.99. The van der Waals surface area contributed by atoms with E-state index >= 15 is 0 Å². The van der Waals surface area contributed by atoms with Gasteiger partial charge < -0.3 is 15.6 Å². The number of hydrogen-bond acceptors (Lipinski definition) is 5. The summed E-state index contributed by atoms with van der Waals surface area (Å²) in [5.41, 5.74) is 8.66. The molecule has 2 aromatic carbocycles. The first-order valence-corrected chi connectivity index (χ1v) is 10.1. The molecule has 0 spiro atoms. The molecule has 0 aliphatic carbocycles. The van der Waals surface area contributed by atoms with Gasteiger partial charge >= 0.3 is 11.9 Å². The number of ether oxygens (including phenoxy) is 1. The van der Waals surface area contributed by atoms with Crippen molar-refractivity contribution < 1.29 is 24.2 Å². The molecule has 0 aromatic heterocycles. The number of aliphatic carboxylic acids is 1. The van der Waals surface area contributed by atoms with Crippen LogP contribution >= 0.6 is 0 Å². The van der Waals surface area contributed by atoms with E-state index in [0.29, 0.717) is 6.42 Å². The molecule has 0 saturated carbocycles. The highest BCUT2D eigenvalue weighted by Gasteiger charge is 2.28. The first kappa shape index (κ1) is 23.3. The van der Waals surface area contributed by atoms with Crippen molar-refractivity contribution in [1.29, 1.82) is 0 Å². The monoisotopic (exact) mass is 411 g/mol. The van der Waals surface area contributed by atoms with E-state index in [1.165, 1.54) is 0 Å². The first-order valence-electron chi connectivity index (χ1n) is 10.1. The van der Waals surface area contributed by atoms with E-state index in [4.69, 9.17) is 15.6 Å². The van der Waals surface area contributed by atoms with Gasteiger partial charge in [-0.3, -0.25) is 14.4 Å². The van der Waals surface area contributed by atoms with Crippen LogP contribution in [-0.2, 0) is 25.5 Å². The van der Waals surface area contributed by atoms with Crippen LogP contribution in [0.3, 0.4) is 0 Å². The predicted octanol–water partition coefficient (Wildman–Crippen LogP) is 3.47. The van der Waals surface area contributed by atoms with E-state index in [-0.39, 0.29) is 31.2 Å². The van der Waals surface area contributed by atoms with Crippen LogP contribution in [0.4, 0.5) is 0 Å². The van der Waals surface area contributed by atoms with Gasteiger partial charge in [-0.1, -0.05) is 61.5 Å². The predicted molar refractivity (Wildman–Crippen MR) is 115 cm³/mol. The maximum atomic E-state index is 12.8. The van der Waals surface area contributed by atoms with Gasteiger partial charge in [-0.05, 0) is 36.5 Å². The van der Waals surface area contributed by atoms with Crippen molar-refractivity contribution in [2.75, 3.05) is 6.61 Å². The van der Waals surface area contributed by atoms with Gasteiger partial charge in [-0.2, -0.15) is 0 Å². The topological polar surface area (TPSA) is 107 Å². The molecule has 0 radical (unpaired) electrons. The Kier molecular flexibility index (Phi) is 8.74. The smallest absolute Gasteiger partial charge is 0.320 e. The maximum absolute atomic E-state index is 12.8. The summed E-state index contributed by atoms with van der Waals surface area (Å²) in [6.45, 7) is 3.72. The molecule has 6 heteroatoms. The molecular weight excluding hydrogens is 382 g/mol. The summed E-state index contributed by atoms with van der Waals surface area (Å²) in [5, 5.41) is 9.03.